The number of nitrogens with one attached hydrogen (secondary N) is 1. The summed E-state index contributed by atoms with van der Waals surface area (Å²) in [4.78, 5) is 3.96. The molecule has 9 heteroatoms. The summed E-state index contributed by atoms with van der Waals surface area (Å²) < 4.78 is 55.4. The molecule has 0 bridgehead atoms. The molecule has 2 aromatic rings. The van der Waals surface area contributed by atoms with Crippen LogP contribution in [0.15, 0.2) is 29.2 Å². The molecule has 0 aliphatic carbocycles. The minimum atomic E-state index is -3.86. The molecule has 0 saturated carbocycles. The lowest BCUT2D eigenvalue weighted by Gasteiger charge is -2.06. The number of rotatable bonds is 5. The Labute approximate surface area is 125 Å². The monoisotopic (exact) mass is 333 g/mol. The fraction of sp³-hybridized carbons (Fsp3) is 0.333. The maximum Gasteiger partial charge on any atom is 0.263 e. The van der Waals surface area contributed by atoms with Crippen LogP contribution < -0.4 is 4.72 Å². The van der Waals surface area contributed by atoms with Crippen molar-refractivity contribution in [1.29, 1.82) is 0 Å². The van der Waals surface area contributed by atoms with Crippen molar-refractivity contribution < 1.29 is 17.2 Å². The molecule has 0 amide bonds. The zero-order valence-electron chi connectivity index (χ0n) is 11.2. The van der Waals surface area contributed by atoms with E-state index >= 15 is 0 Å². The molecule has 1 aromatic heterocycles. The highest BCUT2D eigenvalue weighted by molar-refractivity contribution is 7.93. The zero-order valence-corrected chi connectivity index (χ0v) is 12.9. The smallest absolute Gasteiger partial charge is 0.253 e. The number of hydrogen-bond donors (Lipinski definition) is 1. The molecule has 0 fully saturated rings. The van der Waals surface area contributed by atoms with Crippen LogP contribution in [0.25, 0.3) is 0 Å². The Morgan fingerprint density at radius 1 is 1.19 bits per heavy atom. The van der Waals surface area contributed by atoms with Crippen molar-refractivity contribution in [1.82, 2.24) is 9.36 Å². The van der Waals surface area contributed by atoms with Crippen molar-refractivity contribution in [3.05, 3.63) is 35.7 Å². The highest BCUT2D eigenvalue weighted by Crippen LogP contribution is 2.23. The van der Waals surface area contributed by atoms with Gasteiger partial charge in [0.05, 0.1) is 4.90 Å². The lowest BCUT2D eigenvalue weighted by atomic mass is 10.2. The summed E-state index contributed by atoms with van der Waals surface area (Å²) in [7, 11) is -3.86. The molecule has 0 atom stereocenters. The Hall–Kier alpha value is -1.61. The molecule has 1 N–H and O–H groups in total. The molecule has 5 nitrogen and oxygen atoms in total. The largest absolute Gasteiger partial charge is 0.263 e. The van der Waals surface area contributed by atoms with Gasteiger partial charge in [0.1, 0.15) is 5.82 Å². The molecule has 2 rings (SSSR count). The van der Waals surface area contributed by atoms with E-state index in [2.05, 4.69) is 14.1 Å². The Morgan fingerprint density at radius 2 is 1.81 bits per heavy atom. The van der Waals surface area contributed by atoms with Crippen molar-refractivity contribution >= 4 is 26.7 Å². The minimum absolute atomic E-state index is 0.0878. The van der Waals surface area contributed by atoms with E-state index < -0.39 is 16.4 Å². The number of alkyl halides is 2. The van der Waals surface area contributed by atoms with Gasteiger partial charge in [-0.3, -0.25) is 4.72 Å². The lowest BCUT2D eigenvalue weighted by molar-refractivity contribution is 0.151. The summed E-state index contributed by atoms with van der Waals surface area (Å²) in [5.74, 6) is 0.635. The van der Waals surface area contributed by atoms with E-state index in [9.17, 15) is 17.2 Å². The molecule has 0 radical (unpaired) electrons. The van der Waals surface area contributed by atoms with Crippen LogP contribution >= 0.6 is 11.5 Å². The number of hydrogen-bond acceptors (Lipinski definition) is 5. The Kier molecular flexibility index (Phi) is 4.52. The summed E-state index contributed by atoms with van der Waals surface area (Å²) in [6.07, 6.45) is -2.63. The minimum Gasteiger partial charge on any atom is -0.253 e. The van der Waals surface area contributed by atoms with Gasteiger partial charge < -0.3 is 0 Å². The third kappa shape index (κ3) is 3.73. The molecule has 114 valence electrons. The highest BCUT2D eigenvalue weighted by atomic mass is 32.2. The number of sulfonamides is 1. The first-order chi connectivity index (χ1) is 9.79. The second-order valence-electron chi connectivity index (χ2n) is 4.59. The van der Waals surface area contributed by atoms with Crippen molar-refractivity contribution in [2.45, 2.75) is 31.1 Å². The summed E-state index contributed by atoms with van der Waals surface area (Å²) >= 11 is 0.936. The molecular formula is C12H13F2N3O2S2. The number of benzene rings is 1. The summed E-state index contributed by atoms with van der Waals surface area (Å²) in [5, 5.41) is 0.150. The topological polar surface area (TPSA) is 72.0 Å². The van der Waals surface area contributed by atoms with Crippen molar-refractivity contribution in [3.8, 4) is 0 Å². The fourth-order valence-electron chi connectivity index (χ4n) is 1.48. The van der Waals surface area contributed by atoms with Gasteiger partial charge in [0.15, 0.2) is 0 Å². The Bertz CT molecular complexity index is 712. The van der Waals surface area contributed by atoms with E-state index in [1.807, 2.05) is 13.8 Å². The molecule has 0 saturated heterocycles. The molecule has 0 unspecified atom stereocenters. The molecule has 1 heterocycles. The fourth-order valence-corrected chi connectivity index (χ4v) is 3.41. The molecule has 0 spiro atoms. The summed E-state index contributed by atoms with van der Waals surface area (Å²) in [6, 6.07) is 4.43. The number of halogens is 2. The summed E-state index contributed by atoms with van der Waals surface area (Å²) in [6.45, 7) is 3.78. The van der Waals surface area contributed by atoms with Gasteiger partial charge >= 0.3 is 0 Å². The number of anilines is 1. The van der Waals surface area contributed by atoms with E-state index in [1.165, 1.54) is 0 Å². The van der Waals surface area contributed by atoms with Gasteiger partial charge in [0.2, 0.25) is 5.13 Å². The van der Waals surface area contributed by atoms with E-state index in [-0.39, 0.29) is 21.5 Å². The van der Waals surface area contributed by atoms with E-state index in [0.717, 1.165) is 35.8 Å². The van der Waals surface area contributed by atoms with Crippen LogP contribution in [-0.4, -0.2) is 17.8 Å². The highest BCUT2D eigenvalue weighted by Gasteiger charge is 2.18. The molecule has 1 aromatic carbocycles. The standard InChI is InChI=1S/C12H13F2N3O2S2/c1-7(2)11-15-12(20-16-11)17-21(18,19)9-5-3-8(4-6-9)10(13)14/h3-7,10H,1-2H3,(H,15,16,17). The van der Waals surface area contributed by atoms with E-state index in [4.69, 9.17) is 0 Å². The molecule has 0 aliphatic rings. The van der Waals surface area contributed by atoms with Gasteiger partial charge in [-0.15, -0.1) is 0 Å². The van der Waals surface area contributed by atoms with Crippen molar-refractivity contribution in [2.75, 3.05) is 4.72 Å². The average molecular weight is 333 g/mol. The predicted molar refractivity (Wildman–Crippen MR) is 76.2 cm³/mol. The maximum absolute atomic E-state index is 12.4. The first-order valence-corrected chi connectivity index (χ1v) is 8.30. The van der Waals surface area contributed by atoms with Crippen LogP contribution in [0.3, 0.4) is 0 Å². The second-order valence-corrected chi connectivity index (χ2v) is 7.02. The maximum atomic E-state index is 12.4. The zero-order chi connectivity index (χ0) is 15.6. The van der Waals surface area contributed by atoms with Crippen molar-refractivity contribution in [2.24, 2.45) is 0 Å². The van der Waals surface area contributed by atoms with E-state index in [0.29, 0.717) is 5.82 Å². The van der Waals surface area contributed by atoms with Crippen LogP contribution in [0.4, 0.5) is 13.9 Å². The Morgan fingerprint density at radius 3 is 2.29 bits per heavy atom. The Balaban J connectivity index is 2.21. The average Bonchev–Trinajstić information content (AvgIpc) is 2.87. The quantitative estimate of drug-likeness (QED) is 0.910. The molecular weight excluding hydrogens is 320 g/mol. The van der Waals surface area contributed by atoms with Crippen LogP contribution in [-0.2, 0) is 10.0 Å². The normalized spacial score (nSPS) is 12.1. The first-order valence-electron chi connectivity index (χ1n) is 6.04. The SMILES string of the molecule is CC(C)c1nsc(NS(=O)(=O)c2ccc(C(F)F)cc2)n1. The van der Waals surface area contributed by atoms with Crippen molar-refractivity contribution in [3.63, 3.8) is 0 Å². The first kappa shape index (κ1) is 15.8. The molecule has 0 aliphatic heterocycles. The lowest BCUT2D eigenvalue weighted by Crippen LogP contribution is -2.13. The third-order valence-corrected chi connectivity index (χ3v) is 4.75. The third-order valence-electron chi connectivity index (χ3n) is 2.62. The van der Waals surface area contributed by atoms with Gasteiger partial charge in [-0.25, -0.2) is 22.2 Å². The van der Waals surface area contributed by atoms with Gasteiger partial charge in [-0.2, -0.15) is 4.37 Å². The predicted octanol–water partition coefficient (Wildman–Crippen LogP) is 3.40. The van der Waals surface area contributed by atoms with Crippen LogP contribution in [0.1, 0.15) is 37.6 Å². The summed E-state index contributed by atoms with van der Waals surface area (Å²) in [5.41, 5.74) is -0.230. The van der Waals surface area contributed by atoms with Gasteiger partial charge in [-0.1, -0.05) is 26.0 Å². The van der Waals surface area contributed by atoms with Crippen LogP contribution in [0.5, 0.6) is 0 Å². The second kappa shape index (κ2) is 6.02. The van der Waals surface area contributed by atoms with Gasteiger partial charge in [0.25, 0.3) is 16.4 Å². The number of nitrogens with zero attached hydrogens (tertiary/aromatic N) is 2. The van der Waals surface area contributed by atoms with Gasteiger partial charge in [0, 0.05) is 23.0 Å². The van der Waals surface area contributed by atoms with Gasteiger partial charge in [-0.05, 0) is 12.1 Å². The molecule has 21 heavy (non-hydrogen) atoms. The van der Waals surface area contributed by atoms with Crippen LogP contribution in [0.2, 0.25) is 0 Å². The van der Waals surface area contributed by atoms with E-state index in [1.54, 1.807) is 0 Å². The number of aromatic nitrogens is 2. The van der Waals surface area contributed by atoms with Crippen LogP contribution in [0, 0.1) is 0 Å².